The topological polar surface area (TPSA) is 85.6 Å². The number of halogens is 1. The summed E-state index contributed by atoms with van der Waals surface area (Å²) in [6, 6.07) is 0. The number of carbonyl (C=O) groups excluding carboxylic acids is 1. The molecule has 0 bridgehead atoms. The van der Waals surface area contributed by atoms with E-state index in [0.29, 0.717) is 30.9 Å². The third kappa shape index (κ3) is 3.05. The number of aldehydes is 1. The molecule has 2 aromatic heterocycles. The number of carbonyl (C=O) groups is 1. The third-order valence-electron chi connectivity index (χ3n) is 2.57. The van der Waals surface area contributed by atoms with Gasteiger partial charge in [-0.1, -0.05) is 11.6 Å². The first-order valence-corrected chi connectivity index (χ1v) is 6.05. The standard InChI is InChI=1S/C11H13ClN6O/c1-7-15-10(12)8(5-19)11(16-7)13-4-3-9-17-14-6-18(9)2/h5-6H,3-4H2,1-2H3,(H,13,15,16). The fourth-order valence-corrected chi connectivity index (χ4v) is 1.87. The molecule has 2 rings (SSSR count). The third-order valence-corrected chi connectivity index (χ3v) is 2.86. The van der Waals surface area contributed by atoms with E-state index in [0.717, 1.165) is 5.82 Å². The predicted octanol–water partition coefficient (Wildman–Crippen LogP) is 1.03. The summed E-state index contributed by atoms with van der Waals surface area (Å²) >= 11 is 5.89. The van der Waals surface area contributed by atoms with Gasteiger partial charge in [-0.25, -0.2) is 9.97 Å². The zero-order valence-electron chi connectivity index (χ0n) is 10.6. The van der Waals surface area contributed by atoms with Crippen LogP contribution in [0, 0.1) is 6.92 Å². The second-order valence-electron chi connectivity index (χ2n) is 3.98. The van der Waals surface area contributed by atoms with Gasteiger partial charge in [-0.3, -0.25) is 4.79 Å². The van der Waals surface area contributed by atoms with Gasteiger partial charge in [0.05, 0.1) is 5.56 Å². The van der Waals surface area contributed by atoms with E-state index in [1.54, 1.807) is 13.3 Å². The lowest BCUT2D eigenvalue weighted by Crippen LogP contribution is -2.12. The molecule has 0 radical (unpaired) electrons. The molecule has 0 aliphatic rings. The van der Waals surface area contributed by atoms with Crippen molar-refractivity contribution in [2.75, 3.05) is 11.9 Å². The molecular formula is C11H13ClN6O. The molecule has 2 aromatic rings. The van der Waals surface area contributed by atoms with E-state index < -0.39 is 0 Å². The molecular weight excluding hydrogens is 268 g/mol. The van der Waals surface area contributed by atoms with Crippen molar-refractivity contribution in [2.24, 2.45) is 7.05 Å². The lowest BCUT2D eigenvalue weighted by molar-refractivity contribution is 0.112. The minimum atomic E-state index is 0.156. The van der Waals surface area contributed by atoms with Crippen LogP contribution < -0.4 is 5.32 Å². The average Bonchev–Trinajstić information content (AvgIpc) is 2.75. The molecule has 0 amide bonds. The maximum absolute atomic E-state index is 11.0. The number of nitrogens with one attached hydrogen (secondary N) is 1. The van der Waals surface area contributed by atoms with Crippen LogP contribution >= 0.6 is 11.6 Å². The summed E-state index contributed by atoms with van der Waals surface area (Å²) < 4.78 is 1.83. The van der Waals surface area contributed by atoms with E-state index in [-0.39, 0.29) is 10.7 Å². The summed E-state index contributed by atoms with van der Waals surface area (Å²) in [5.41, 5.74) is 0.269. The monoisotopic (exact) mass is 280 g/mol. The van der Waals surface area contributed by atoms with Crippen LogP contribution in [0.5, 0.6) is 0 Å². The number of anilines is 1. The van der Waals surface area contributed by atoms with Gasteiger partial charge in [0.15, 0.2) is 6.29 Å². The summed E-state index contributed by atoms with van der Waals surface area (Å²) in [6.45, 7) is 2.29. The van der Waals surface area contributed by atoms with Crippen molar-refractivity contribution in [1.29, 1.82) is 0 Å². The van der Waals surface area contributed by atoms with Gasteiger partial charge in [-0.05, 0) is 6.92 Å². The second kappa shape index (κ2) is 5.75. The van der Waals surface area contributed by atoms with Crippen LogP contribution in [0.15, 0.2) is 6.33 Å². The highest BCUT2D eigenvalue weighted by Crippen LogP contribution is 2.18. The minimum absolute atomic E-state index is 0.156. The van der Waals surface area contributed by atoms with E-state index in [1.165, 1.54) is 0 Å². The molecule has 0 aliphatic heterocycles. The fourth-order valence-electron chi connectivity index (χ4n) is 1.61. The SMILES string of the molecule is Cc1nc(Cl)c(C=O)c(NCCc2nncn2C)n1. The molecule has 0 atom stereocenters. The Morgan fingerprint density at radius 2 is 2.26 bits per heavy atom. The largest absolute Gasteiger partial charge is 0.369 e. The average molecular weight is 281 g/mol. The molecule has 0 saturated carbocycles. The van der Waals surface area contributed by atoms with Crippen LogP contribution in [0.25, 0.3) is 0 Å². The molecule has 0 saturated heterocycles. The van der Waals surface area contributed by atoms with Gasteiger partial charge in [0, 0.05) is 20.0 Å². The number of aromatic nitrogens is 5. The van der Waals surface area contributed by atoms with Crippen LogP contribution in [0.1, 0.15) is 22.0 Å². The van der Waals surface area contributed by atoms with Gasteiger partial charge < -0.3 is 9.88 Å². The van der Waals surface area contributed by atoms with E-state index in [4.69, 9.17) is 11.6 Å². The van der Waals surface area contributed by atoms with E-state index in [2.05, 4.69) is 25.5 Å². The first-order chi connectivity index (χ1) is 9.11. The van der Waals surface area contributed by atoms with E-state index in [9.17, 15) is 4.79 Å². The van der Waals surface area contributed by atoms with Gasteiger partial charge in [0.2, 0.25) is 0 Å². The minimum Gasteiger partial charge on any atom is -0.369 e. The highest BCUT2D eigenvalue weighted by Gasteiger charge is 2.10. The summed E-state index contributed by atoms with van der Waals surface area (Å²) in [5.74, 6) is 1.79. The van der Waals surface area contributed by atoms with Crippen LogP contribution in [0.2, 0.25) is 5.15 Å². The zero-order chi connectivity index (χ0) is 13.8. The first kappa shape index (κ1) is 13.4. The van der Waals surface area contributed by atoms with Crippen LogP contribution in [0.4, 0.5) is 5.82 Å². The van der Waals surface area contributed by atoms with Gasteiger partial charge in [-0.15, -0.1) is 10.2 Å². The Bertz CT molecular complexity index is 597. The van der Waals surface area contributed by atoms with Crippen molar-refractivity contribution in [1.82, 2.24) is 24.7 Å². The Morgan fingerprint density at radius 1 is 1.47 bits per heavy atom. The number of rotatable bonds is 5. The Labute approximate surface area is 115 Å². The smallest absolute Gasteiger partial charge is 0.156 e. The molecule has 0 aliphatic carbocycles. The van der Waals surface area contributed by atoms with Crippen LogP contribution in [0.3, 0.4) is 0 Å². The van der Waals surface area contributed by atoms with Crippen molar-refractivity contribution in [3.05, 3.63) is 28.7 Å². The highest BCUT2D eigenvalue weighted by molar-refractivity contribution is 6.32. The molecule has 1 N–H and O–H groups in total. The summed E-state index contributed by atoms with van der Waals surface area (Å²) in [7, 11) is 1.87. The number of aryl methyl sites for hydroxylation is 2. The molecule has 0 unspecified atom stereocenters. The predicted molar refractivity (Wildman–Crippen MR) is 70.4 cm³/mol. The van der Waals surface area contributed by atoms with Crippen molar-refractivity contribution in [2.45, 2.75) is 13.3 Å². The molecule has 0 aromatic carbocycles. The van der Waals surface area contributed by atoms with Crippen molar-refractivity contribution < 1.29 is 4.79 Å². The lowest BCUT2D eigenvalue weighted by Gasteiger charge is -2.09. The van der Waals surface area contributed by atoms with Crippen LogP contribution in [-0.4, -0.2) is 37.6 Å². The van der Waals surface area contributed by atoms with Gasteiger partial charge in [-0.2, -0.15) is 0 Å². The molecule has 0 fully saturated rings. The quantitative estimate of drug-likeness (QED) is 0.650. The van der Waals surface area contributed by atoms with Crippen molar-refractivity contribution in [3.8, 4) is 0 Å². The maximum atomic E-state index is 11.0. The number of nitrogens with zero attached hydrogens (tertiary/aromatic N) is 5. The fraction of sp³-hybridized carbons (Fsp3) is 0.364. The Balaban J connectivity index is 2.07. The zero-order valence-corrected chi connectivity index (χ0v) is 11.3. The molecule has 19 heavy (non-hydrogen) atoms. The molecule has 8 heteroatoms. The van der Waals surface area contributed by atoms with Gasteiger partial charge in [0.1, 0.15) is 28.9 Å². The van der Waals surface area contributed by atoms with Gasteiger partial charge in [0.25, 0.3) is 0 Å². The number of hydrogen-bond donors (Lipinski definition) is 1. The summed E-state index contributed by atoms with van der Waals surface area (Å²) in [5, 5.41) is 11.0. The Morgan fingerprint density at radius 3 is 2.89 bits per heavy atom. The highest BCUT2D eigenvalue weighted by atomic mass is 35.5. The normalized spacial score (nSPS) is 10.5. The second-order valence-corrected chi connectivity index (χ2v) is 4.33. The summed E-state index contributed by atoms with van der Waals surface area (Å²) in [4.78, 5) is 19.1. The molecule has 0 spiro atoms. The number of hydrogen-bond acceptors (Lipinski definition) is 6. The molecule has 100 valence electrons. The van der Waals surface area contributed by atoms with E-state index >= 15 is 0 Å². The molecule has 7 nitrogen and oxygen atoms in total. The first-order valence-electron chi connectivity index (χ1n) is 5.68. The lowest BCUT2D eigenvalue weighted by atomic mass is 10.3. The van der Waals surface area contributed by atoms with Crippen molar-refractivity contribution in [3.63, 3.8) is 0 Å². The van der Waals surface area contributed by atoms with Gasteiger partial charge >= 0.3 is 0 Å². The van der Waals surface area contributed by atoms with E-state index in [1.807, 2.05) is 11.6 Å². The summed E-state index contributed by atoms with van der Waals surface area (Å²) in [6.07, 6.45) is 2.94. The van der Waals surface area contributed by atoms with Crippen molar-refractivity contribution >= 4 is 23.7 Å². The Kier molecular flexibility index (Phi) is 4.06. The van der Waals surface area contributed by atoms with Crippen LogP contribution in [-0.2, 0) is 13.5 Å². The molecule has 2 heterocycles. The maximum Gasteiger partial charge on any atom is 0.156 e. The Hall–Kier alpha value is -2.02.